The molecule has 4 saturated heterocycles. The summed E-state index contributed by atoms with van der Waals surface area (Å²) in [6.07, 6.45) is 6.34. The predicted molar refractivity (Wildman–Crippen MR) is 144 cm³/mol. The number of hydrogen-bond acceptors (Lipinski definition) is 6. The summed E-state index contributed by atoms with van der Waals surface area (Å²) in [7, 11) is 0. The number of nitrogens with zero attached hydrogens (tertiary/aromatic N) is 1. The summed E-state index contributed by atoms with van der Waals surface area (Å²) in [5.74, 6) is -1.14. The van der Waals surface area contributed by atoms with Gasteiger partial charge in [-0.25, -0.2) is 4.79 Å². The first-order valence-electron chi connectivity index (χ1n) is 14.7. The summed E-state index contributed by atoms with van der Waals surface area (Å²) in [5.41, 5.74) is -0.282. The van der Waals surface area contributed by atoms with E-state index < -0.39 is 17.9 Å². The smallest absolute Gasteiger partial charge is 0.348 e. The lowest BCUT2D eigenvalue weighted by molar-refractivity contribution is -0.956. The van der Waals surface area contributed by atoms with Crippen LogP contribution in [0.2, 0.25) is 0 Å². The molecular weight excluding hydrogens is 494 g/mol. The lowest BCUT2D eigenvalue weighted by Crippen LogP contribution is -2.60. The van der Waals surface area contributed by atoms with E-state index in [1.807, 2.05) is 60.7 Å². The van der Waals surface area contributed by atoms with Gasteiger partial charge in [0, 0.05) is 45.1 Å². The fraction of sp³-hybridized carbons (Fsp3) is 0.562. The van der Waals surface area contributed by atoms with Crippen LogP contribution in [0.3, 0.4) is 0 Å². The number of carbonyl (C=O) groups is 2. The van der Waals surface area contributed by atoms with E-state index in [4.69, 9.17) is 18.9 Å². The third kappa shape index (κ3) is 4.90. The zero-order valence-electron chi connectivity index (χ0n) is 22.8. The van der Waals surface area contributed by atoms with Gasteiger partial charge in [0.1, 0.15) is 6.10 Å². The zero-order valence-corrected chi connectivity index (χ0v) is 22.8. The molecule has 2 bridgehead atoms. The maximum atomic E-state index is 14.4. The first-order valence-corrected chi connectivity index (χ1v) is 14.7. The molecule has 208 valence electrons. The quantitative estimate of drug-likeness (QED) is 0.277. The standard InChI is InChI=1S/C32H40NO6/c1-23(37-30(34)24-16-19-36-22-24)39-32(25-10-4-2-5-11-25,26-12-6-3-7-13-26)31(35)38-29-20-27-14-15-28(21-29)33(27)17-8-9-18-33/h2-7,10-13,23-24,27-29H,8-9,14-22H2,1H3/q+1/t23-,24+,27?,28?,29?/m0/s1. The van der Waals surface area contributed by atoms with Crippen molar-refractivity contribution in [3.63, 3.8) is 0 Å². The number of rotatable bonds is 8. The molecular formula is C32H40NO6+. The van der Waals surface area contributed by atoms with Gasteiger partial charge >= 0.3 is 11.9 Å². The Hall–Kier alpha value is -2.74. The third-order valence-corrected chi connectivity index (χ3v) is 9.57. The van der Waals surface area contributed by atoms with Crippen LogP contribution in [0.1, 0.15) is 63.0 Å². The van der Waals surface area contributed by atoms with Crippen molar-refractivity contribution in [3.05, 3.63) is 71.8 Å². The second-order valence-corrected chi connectivity index (χ2v) is 11.7. The normalized spacial score (nSPS) is 28.3. The van der Waals surface area contributed by atoms with Crippen molar-refractivity contribution in [1.82, 2.24) is 0 Å². The summed E-state index contributed by atoms with van der Waals surface area (Å²) < 4.78 is 25.3. The number of piperidine rings is 1. The van der Waals surface area contributed by atoms with E-state index in [-0.39, 0.29) is 18.0 Å². The van der Waals surface area contributed by atoms with Crippen LogP contribution in [0.15, 0.2) is 60.7 Å². The van der Waals surface area contributed by atoms with Crippen molar-refractivity contribution in [3.8, 4) is 0 Å². The van der Waals surface area contributed by atoms with Gasteiger partial charge in [0.2, 0.25) is 11.9 Å². The Bertz CT molecular complexity index is 1090. The van der Waals surface area contributed by atoms with Gasteiger partial charge in [0.15, 0.2) is 0 Å². The number of ether oxygens (including phenoxy) is 4. The Labute approximate surface area is 231 Å². The number of esters is 2. The van der Waals surface area contributed by atoms with Crippen molar-refractivity contribution in [2.24, 2.45) is 5.92 Å². The van der Waals surface area contributed by atoms with Crippen molar-refractivity contribution in [1.29, 1.82) is 0 Å². The molecule has 0 radical (unpaired) electrons. The van der Waals surface area contributed by atoms with E-state index >= 15 is 0 Å². The van der Waals surface area contributed by atoms with E-state index in [1.54, 1.807) is 6.92 Å². The van der Waals surface area contributed by atoms with Gasteiger partial charge in [-0.3, -0.25) is 4.79 Å². The van der Waals surface area contributed by atoms with E-state index in [0.717, 1.165) is 12.8 Å². The van der Waals surface area contributed by atoms with Crippen LogP contribution in [-0.4, -0.2) is 67.2 Å². The molecule has 4 atom stereocenters. The lowest BCUT2D eigenvalue weighted by atomic mass is 9.85. The maximum Gasteiger partial charge on any atom is 0.348 e. The molecule has 4 heterocycles. The molecule has 39 heavy (non-hydrogen) atoms. The summed E-state index contributed by atoms with van der Waals surface area (Å²) in [4.78, 5) is 27.2. The summed E-state index contributed by atoms with van der Waals surface area (Å²) in [5, 5.41) is 0. The molecule has 6 rings (SSSR count). The van der Waals surface area contributed by atoms with Crippen molar-refractivity contribution < 1.29 is 33.0 Å². The van der Waals surface area contributed by atoms with Gasteiger partial charge in [-0.1, -0.05) is 60.7 Å². The third-order valence-electron chi connectivity index (χ3n) is 9.57. The molecule has 4 aliphatic heterocycles. The van der Waals surface area contributed by atoms with E-state index in [9.17, 15) is 9.59 Å². The minimum absolute atomic E-state index is 0.150. The number of hydrogen-bond donors (Lipinski definition) is 0. The highest BCUT2D eigenvalue weighted by molar-refractivity contribution is 5.86. The predicted octanol–water partition coefficient (Wildman–Crippen LogP) is 4.72. The first-order chi connectivity index (χ1) is 19.0. The Morgan fingerprint density at radius 3 is 2.03 bits per heavy atom. The van der Waals surface area contributed by atoms with E-state index in [2.05, 4.69) is 0 Å². The van der Waals surface area contributed by atoms with Crippen molar-refractivity contribution in [2.75, 3.05) is 26.3 Å². The molecule has 0 N–H and O–H groups in total. The minimum atomic E-state index is -1.58. The van der Waals surface area contributed by atoms with Gasteiger partial charge in [-0.15, -0.1) is 0 Å². The van der Waals surface area contributed by atoms with Gasteiger partial charge in [0.05, 0.1) is 37.7 Å². The fourth-order valence-electron chi connectivity index (χ4n) is 7.73. The van der Waals surface area contributed by atoms with Crippen LogP contribution < -0.4 is 0 Å². The molecule has 4 aliphatic rings. The molecule has 2 aromatic carbocycles. The van der Waals surface area contributed by atoms with E-state index in [0.29, 0.717) is 42.8 Å². The van der Waals surface area contributed by atoms with Crippen molar-refractivity contribution in [2.45, 2.75) is 81.9 Å². The SMILES string of the molecule is C[C@@H](OC(=O)[C@@H]1CCOC1)OC(C(=O)OC1CC2CCC(C1)[N+]21CCCC1)(c1ccccc1)c1ccccc1. The number of benzene rings is 2. The Morgan fingerprint density at radius 1 is 0.897 bits per heavy atom. The van der Waals surface area contributed by atoms with Crippen LogP contribution in [0.25, 0.3) is 0 Å². The highest BCUT2D eigenvalue weighted by Gasteiger charge is 2.57. The monoisotopic (exact) mass is 534 g/mol. The number of quaternary nitrogens is 1. The Kier molecular flexibility index (Phi) is 7.49. The summed E-state index contributed by atoms with van der Waals surface area (Å²) in [6, 6.07) is 20.0. The van der Waals surface area contributed by atoms with Crippen molar-refractivity contribution >= 4 is 11.9 Å². The lowest BCUT2D eigenvalue weighted by Gasteiger charge is -2.47. The molecule has 4 fully saturated rings. The summed E-state index contributed by atoms with van der Waals surface area (Å²) in [6.45, 7) is 5.10. The van der Waals surface area contributed by atoms with Gasteiger partial charge < -0.3 is 23.4 Å². The van der Waals surface area contributed by atoms with Gasteiger partial charge in [-0.05, 0) is 24.5 Å². The van der Waals surface area contributed by atoms with Crippen LogP contribution >= 0.6 is 0 Å². The minimum Gasteiger partial charge on any atom is -0.459 e. The van der Waals surface area contributed by atoms with E-state index in [1.165, 1.54) is 43.3 Å². The summed E-state index contributed by atoms with van der Waals surface area (Å²) >= 11 is 0. The molecule has 0 saturated carbocycles. The Morgan fingerprint density at radius 2 is 1.49 bits per heavy atom. The first kappa shape index (κ1) is 26.5. The molecule has 0 aromatic heterocycles. The molecule has 0 aliphatic carbocycles. The average molecular weight is 535 g/mol. The van der Waals surface area contributed by atoms with Gasteiger partial charge in [0.25, 0.3) is 0 Å². The second-order valence-electron chi connectivity index (χ2n) is 11.7. The molecule has 0 amide bonds. The van der Waals surface area contributed by atoms with Crippen LogP contribution in [0.4, 0.5) is 0 Å². The second kappa shape index (κ2) is 11.0. The largest absolute Gasteiger partial charge is 0.459 e. The average Bonchev–Trinajstić information content (AvgIpc) is 3.70. The fourth-order valence-corrected chi connectivity index (χ4v) is 7.73. The molecule has 7 heteroatoms. The van der Waals surface area contributed by atoms with Crippen LogP contribution in [0.5, 0.6) is 0 Å². The molecule has 2 unspecified atom stereocenters. The highest BCUT2D eigenvalue weighted by Crippen LogP contribution is 2.47. The number of carbonyl (C=O) groups excluding carboxylic acids is 2. The molecule has 7 nitrogen and oxygen atoms in total. The Balaban J connectivity index is 1.29. The zero-order chi connectivity index (χ0) is 26.9. The maximum absolute atomic E-state index is 14.4. The highest BCUT2D eigenvalue weighted by atomic mass is 16.7. The van der Waals surface area contributed by atoms with Crippen LogP contribution in [0, 0.1) is 5.92 Å². The van der Waals surface area contributed by atoms with Crippen LogP contribution in [-0.2, 0) is 34.1 Å². The topological polar surface area (TPSA) is 71.1 Å². The molecule has 1 spiro atoms. The molecule has 2 aromatic rings. The van der Waals surface area contributed by atoms with Gasteiger partial charge in [-0.2, -0.15) is 0 Å².